The molecule has 0 aliphatic carbocycles. The van der Waals surface area contributed by atoms with Crippen LogP contribution in [0.15, 0.2) is 59.5 Å². The molecule has 0 bridgehead atoms. The minimum absolute atomic E-state index is 0.0562. The van der Waals surface area contributed by atoms with Gasteiger partial charge in [-0.2, -0.15) is 0 Å². The first-order chi connectivity index (χ1) is 11.3. The Morgan fingerprint density at radius 2 is 1.83 bits per heavy atom. The molecule has 0 heterocycles. The quantitative estimate of drug-likeness (QED) is 0.767. The lowest BCUT2D eigenvalue weighted by molar-refractivity contribution is 0.0565. The molecule has 0 aliphatic rings. The molecule has 0 spiro atoms. The van der Waals surface area contributed by atoms with Gasteiger partial charge in [-0.1, -0.05) is 36.4 Å². The van der Waals surface area contributed by atoms with Crippen LogP contribution < -0.4 is 9.46 Å². The van der Waals surface area contributed by atoms with Gasteiger partial charge in [0.2, 0.25) is 10.0 Å². The average molecular weight is 349 g/mol. The molecule has 2 rings (SSSR count). The number of benzene rings is 2. The van der Waals surface area contributed by atoms with E-state index < -0.39 is 15.6 Å². The molecule has 6 heteroatoms. The van der Waals surface area contributed by atoms with Crippen molar-refractivity contribution < 1.29 is 18.3 Å². The van der Waals surface area contributed by atoms with Crippen LogP contribution in [0.4, 0.5) is 0 Å². The molecular weight excluding hydrogens is 326 g/mol. The molecule has 2 aromatic carbocycles. The fourth-order valence-corrected chi connectivity index (χ4v) is 3.45. The number of hydrogen-bond acceptors (Lipinski definition) is 4. The van der Waals surface area contributed by atoms with Crippen molar-refractivity contribution in [2.75, 3.05) is 13.7 Å². The van der Waals surface area contributed by atoms with Crippen LogP contribution in [0.25, 0.3) is 0 Å². The zero-order chi connectivity index (χ0) is 17.6. The lowest BCUT2D eigenvalue weighted by atomic mass is 9.97. The van der Waals surface area contributed by atoms with E-state index >= 15 is 0 Å². The number of sulfonamides is 1. The zero-order valence-corrected chi connectivity index (χ0v) is 14.7. The number of aliphatic hydroxyl groups is 1. The van der Waals surface area contributed by atoms with Gasteiger partial charge >= 0.3 is 0 Å². The van der Waals surface area contributed by atoms with Crippen molar-refractivity contribution in [1.29, 1.82) is 0 Å². The van der Waals surface area contributed by atoms with Gasteiger partial charge in [-0.15, -0.1) is 0 Å². The SMILES string of the molecule is COc1cccc(S(=O)(=O)NCC(C)(O)CCc2ccccc2)c1. The fourth-order valence-electron chi connectivity index (χ4n) is 2.25. The summed E-state index contributed by atoms with van der Waals surface area (Å²) in [4.78, 5) is 0.112. The number of rotatable bonds is 8. The third-order valence-electron chi connectivity index (χ3n) is 3.79. The summed E-state index contributed by atoms with van der Waals surface area (Å²) in [5, 5.41) is 10.4. The van der Waals surface area contributed by atoms with Crippen LogP contribution in [0, 0.1) is 0 Å². The lowest BCUT2D eigenvalue weighted by Gasteiger charge is -2.23. The minimum atomic E-state index is -3.70. The first-order valence-corrected chi connectivity index (χ1v) is 9.21. The van der Waals surface area contributed by atoms with Gasteiger partial charge in [0.15, 0.2) is 0 Å². The normalized spacial score (nSPS) is 14.1. The standard InChI is InChI=1S/C18H23NO4S/c1-18(20,12-11-15-7-4-3-5-8-15)14-19-24(21,22)17-10-6-9-16(13-17)23-2/h3-10,13,19-20H,11-12,14H2,1-2H3. The zero-order valence-electron chi connectivity index (χ0n) is 13.9. The maximum Gasteiger partial charge on any atom is 0.240 e. The molecule has 0 saturated carbocycles. The van der Waals surface area contributed by atoms with Gasteiger partial charge in [0.05, 0.1) is 17.6 Å². The Bertz CT molecular complexity index is 758. The van der Waals surface area contributed by atoms with Gasteiger partial charge in [0.25, 0.3) is 0 Å². The highest BCUT2D eigenvalue weighted by Crippen LogP contribution is 2.18. The Morgan fingerprint density at radius 3 is 2.50 bits per heavy atom. The van der Waals surface area contributed by atoms with E-state index in [1.165, 1.54) is 19.2 Å². The molecule has 0 amide bonds. The van der Waals surface area contributed by atoms with Crippen LogP contribution in [0.3, 0.4) is 0 Å². The molecule has 2 aromatic rings. The Balaban J connectivity index is 1.96. The lowest BCUT2D eigenvalue weighted by Crippen LogP contribution is -2.40. The van der Waals surface area contributed by atoms with E-state index in [1.54, 1.807) is 19.1 Å². The molecular formula is C18H23NO4S. The Hall–Kier alpha value is -1.89. The molecule has 0 aromatic heterocycles. The molecule has 0 fully saturated rings. The summed E-state index contributed by atoms with van der Waals surface area (Å²) in [7, 11) is -2.22. The van der Waals surface area contributed by atoms with Crippen LogP contribution in [0.5, 0.6) is 5.75 Å². The topological polar surface area (TPSA) is 75.6 Å². The van der Waals surface area contributed by atoms with Gasteiger partial charge in [-0.3, -0.25) is 0 Å². The molecule has 2 N–H and O–H groups in total. The van der Waals surface area contributed by atoms with Gasteiger partial charge < -0.3 is 9.84 Å². The van der Waals surface area contributed by atoms with Crippen LogP contribution in [0.1, 0.15) is 18.9 Å². The Kier molecular flexibility index (Phi) is 5.99. The molecule has 130 valence electrons. The van der Waals surface area contributed by atoms with Crippen molar-refractivity contribution in [3.63, 3.8) is 0 Å². The van der Waals surface area contributed by atoms with Crippen LogP contribution in [-0.4, -0.2) is 32.8 Å². The molecule has 0 radical (unpaired) electrons. The largest absolute Gasteiger partial charge is 0.497 e. The van der Waals surface area contributed by atoms with Crippen molar-refractivity contribution in [2.24, 2.45) is 0 Å². The Morgan fingerprint density at radius 1 is 1.12 bits per heavy atom. The molecule has 24 heavy (non-hydrogen) atoms. The number of ether oxygens (including phenoxy) is 1. The van der Waals surface area contributed by atoms with E-state index in [0.29, 0.717) is 18.6 Å². The maximum atomic E-state index is 12.3. The van der Waals surface area contributed by atoms with Gasteiger partial charge in [-0.25, -0.2) is 13.1 Å². The summed E-state index contributed by atoms with van der Waals surface area (Å²) >= 11 is 0. The third-order valence-corrected chi connectivity index (χ3v) is 5.19. The van der Waals surface area contributed by atoms with Crippen molar-refractivity contribution in [1.82, 2.24) is 4.72 Å². The number of nitrogens with one attached hydrogen (secondary N) is 1. The van der Waals surface area contributed by atoms with Crippen molar-refractivity contribution in [3.8, 4) is 5.75 Å². The molecule has 1 atom stereocenters. The predicted octanol–water partition coefficient (Wildman–Crippen LogP) is 2.36. The number of methoxy groups -OCH3 is 1. The van der Waals surface area contributed by atoms with Gasteiger partial charge in [0.1, 0.15) is 5.75 Å². The summed E-state index contributed by atoms with van der Waals surface area (Å²) in [6, 6.07) is 16.0. The van der Waals surface area contributed by atoms with Gasteiger partial charge in [0, 0.05) is 12.6 Å². The monoisotopic (exact) mass is 349 g/mol. The summed E-state index contributed by atoms with van der Waals surface area (Å²) in [6.07, 6.45) is 1.13. The van der Waals surface area contributed by atoms with Crippen LogP contribution in [0.2, 0.25) is 0 Å². The van der Waals surface area contributed by atoms with Gasteiger partial charge in [-0.05, 0) is 37.5 Å². The smallest absolute Gasteiger partial charge is 0.240 e. The summed E-state index contributed by atoms with van der Waals surface area (Å²) < 4.78 is 32.2. The highest BCUT2D eigenvalue weighted by atomic mass is 32.2. The van der Waals surface area contributed by atoms with E-state index in [4.69, 9.17) is 4.74 Å². The van der Waals surface area contributed by atoms with E-state index in [2.05, 4.69) is 4.72 Å². The van der Waals surface area contributed by atoms with E-state index in [9.17, 15) is 13.5 Å². The average Bonchev–Trinajstić information content (AvgIpc) is 2.60. The second-order valence-corrected chi connectivity index (χ2v) is 7.75. The predicted molar refractivity (Wildman–Crippen MR) is 93.6 cm³/mol. The first kappa shape index (κ1) is 18.4. The van der Waals surface area contributed by atoms with Crippen molar-refractivity contribution in [3.05, 3.63) is 60.2 Å². The molecule has 1 unspecified atom stereocenters. The highest BCUT2D eigenvalue weighted by molar-refractivity contribution is 7.89. The number of aryl methyl sites for hydroxylation is 1. The molecule has 0 saturated heterocycles. The van der Waals surface area contributed by atoms with Crippen molar-refractivity contribution >= 4 is 10.0 Å². The van der Waals surface area contributed by atoms with E-state index in [1.807, 2.05) is 30.3 Å². The second-order valence-electron chi connectivity index (χ2n) is 5.99. The van der Waals surface area contributed by atoms with Crippen LogP contribution >= 0.6 is 0 Å². The van der Waals surface area contributed by atoms with E-state index in [-0.39, 0.29) is 11.4 Å². The highest BCUT2D eigenvalue weighted by Gasteiger charge is 2.24. The second kappa shape index (κ2) is 7.79. The number of hydrogen-bond donors (Lipinski definition) is 2. The summed E-state index contributed by atoms with van der Waals surface area (Å²) in [6.45, 7) is 1.57. The Labute approximate surface area is 143 Å². The fraction of sp³-hybridized carbons (Fsp3) is 0.333. The molecule has 5 nitrogen and oxygen atoms in total. The summed E-state index contributed by atoms with van der Waals surface area (Å²) in [5.41, 5.74) is -0.0321. The van der Waals surface area contributed by atoms with Crippen LogP contribution in [-0.2, 0) is 16.4 Å². The third kappa shape index (κ3) is 5.33. The van der Waals surface area contributed by atoms with E-state index in [0.717, 1.165) is 5.56 Å². The maximum absolute atomic E-state index is 12.3. The molecule has 0 aliphatic heterocycles. The summed E-state index contributed by atoms with van der Waals surface area (Å²) in [5.74, 6) is 0.466. The first-order valence-electron chi connectivity index (χ1n) is 7.72. The van der Waals surface area contributed by atoms with Crippen molar-refractivity contribution in [2.45, 2.75) is 30.3 Å². The minimum Gasteiger partial charge on any atom is -0.497 e.